The first-order chi connectivity index (χ1) is 13.3. The van der Waals surface area contributed by atoms with E-state index in [0.717, 1.165) is 24.4 Å². The van der Waals surface area contributed by atoms with Crippen LogP contribution in [0, 0.1) is 6.92 Å². The highest BCUT2D eigenvalue weighted by Crippen LogP contribution is 2.19. The van der Waals surface area contributed by atoms with Crippen LogP contribution in [0.5, 0.6) is 0 Å². The summed E-state index contributed by atoms with van der Waals surface area (Å²) in [6.07, 6.45) is 2.51. The Labute approximate surface area is 167 Å². The molecule has 0 unspecified atom stereocenters. The zero-order chi connectivity index (χ0) is 20.6. The van der Waals surface area contributed by atoms with Crippen LogP contribution in [0.4, 0.5) is 4.79 Å². The van der Waals surface area contributed by atoms with E-state index in [-0.39, 0.29) is 0 Å². The highest BCUT2D eigenvalue weighted by atomic mass is 16.6. The van der Waals surface area contributed by atoms with E-state index < -0.39 is 11.7 Å². The Hall–Kier alpha value is -2.70. The molecule has 0 spiro atoms. The molecule has 0 aliphatic carbocycles. The number of guanidine groups is 1. The molecule has 0 aliphatic heterocycles. The SMILES string of the molecule is CCNC(=NCCc1c[nH]c2cc(C)ccc12)NCCNC(=O)OC(C)(C)C. The molecule has 0 fully saturated rings. The number of aryl methyl sites for hydroxylation is 1. The van der Waals surface area contributed by atoms with Crippen molar-refractivity contribution in [1.82, 2.24) is 20.9 Å². The van der Waals surface area contributed by atoms with Crippen molar-refractivity contribution in [1.29, 1.82) is 0 Å². The number of carbonyl (C=O) groups excluding carboxylic acids is 1. The van der Waals surface area contributed by atoms with Gasteiger partial charge in [0, 0.05) is 43.3 Å². The molecule has 1 heterocycles. The molecule has 2 aromatic rings. The fraction of sp³-hybridized carbons (Fsp3) is 0.524. The van der Waals surface area contributed by atoms with Crippen LogP contribution >= 0.6 is 0 Å². The number of hydrogen-bond donors (Lipinski definition) is 4. The number of nitrogens with zero attached hydrogens (tertiary/aromatic N) is 1. The maximum atomic E-state index is 11.7. The molecule has 1 amide bonds. The number of benzene rings is 1. The molecule has 7 nitrogen and oxygen atoms in total. The topological polar surface area (TPSA) is 90.5 Å². The Morgan fingerprint density at radius 1 is 1.18 bits per heavy atom. The second-order valence-electron chi connectivity index (χ2n) is 7.73. The number of aliphatic imine (C=N–C) groups is 1. The first kappa shape index (κ1) is 21.6. The summed E-state index contributed by atoms with van der Waals surface area (Å²) in [7, 11) is 0. The molecule has 154 valence electrons. The fourth-order valence-electron chi connectivity index (χ4n) is 2.80. The predicted molar refractivity (Wildman–Crippen MR) is 115 cm³/mol. The van der Waals surface area contributed by atoms with Gasteiger partial charge in [0.25, 0.3) is 0 Å². The minimum Gasteiger partial charge on any atom is -0.444 e. The minimum absolute atomic E-state index is 0.411. The number of H-pyrrole nitrogens is 1. The van der Waals surface area contributed by atoms with E-state index in [0.29, 0.717) is 19.6 Å². The van der Waals surface area contributed by atoms with E-state index in [2.05, 4.69) is 57.2 Å². The van der Waals surface area contributed by atoms with Crippen LogP contribution in [0.1, 0.15) is 38.8 Å². The van der Waals surface area contributed by atoms with Gasteiger partial charge in [-0.25, -0.2) is 4.79 Å². The van der Waals surface area contributed by atoms with Gasteiger partial charge >= 0.3 is 6.09 Å². The Morgan fingerprint density at radius 3 is 2.64 bits per heavy atom. The highest BCUT2D eigenvalue weighted by molar-refractivity contribution is 5.84. The first-order valence-electron chi connectivity index (χ1n) is 9.84. The number of fused-ring (bicyclic) bond motifs is 1. The lowest BCUT2D eigenvalue weighted by molar-refractivity contribution is 0.0529. The van der Waals surface area contributed by atoms with Crippen molar-refractivity contribution in [2.45, 2.75) is 46.6 Å². The van der Waals surface area contributed by atoms with Gasteiger partial charge in [0.1, 0.15) is 5.60 Å². The number of carbonyl (C=O) groups is 1. The van der Waals surface area contributed by atoms with Crippen LogP contribution in [0.3, 0.4) is 0 Å². The molecule has 4 N–H and O–H groups in total. The summed E-state index contributed by atoms with van der Waals surface area (Å²) < 4.78 is 5.21. The standard InChI is InChI=1S/C21H33N5O2/c1-6-22-19(24-11-12-25-20(27)28-21(3,4)5)23-10-9-16-14-26-18-13-15(2)7-8-17(16)18/h7-8,13-14,26H,6,9-12H2,1-5H3,(H,25,27)(H2,22,23,24). The van der Waals surface area contributed by atoms with E-state index in [1.54, 1.807) is 0 Å². The van der Waals surface area contributed by atoms with Gasteiger partial charge in [-0.2, -0.15) is 0 Å². The third-order valence-electron chi connectivity index (χ3n) is 4.00. The number of aromatic nitrogens is 1. The first-order valence-corrected chi connectivity index (χ1v) is 9.84. The summed E-state index contributed by atoms with van der Waals surface area (Å²) in [6.45, 7) is 12.1. The second kappa shape index (κ2) is 10.0. The summed E-state index contributed by atoms with van der Waals surface area (Å²) in [5.41, 5.74) is 3.19. The average Bonchev–Trinajstić information content (AvgIpc) is 2.99. The summed E-state index contributed by atoms with van der Waals surface area (Å²) in [5.74, 6) is 0.740. The van der Waals surface area contributed by atoms with Gasteiger partial charge in [-0.3, -0.25) is 4.99 Å². The lowest BCUT2D eigenvalue weighted by Crippen LogP contribution is -2.42. The second-order valence-corrected chi connectivity index (χ2v) is 7.73. The molecule has 0 atom stereocenters. The number of nitrogens with one attached hydrogen (secondary N) is 4. The van der Waals surface area contributed by atoms with Gasteiger partial charge < -0.3 is 25.7 Å². The zero-order valence-corrected chi connectivity index (χ0v) is 17.6. The molecule has 1 aromatic heterocycles. The number of alkyl carbamates (subject to hydrolysis) is 1. The molecular weight excluding hydrogens is 354 g/mol. The smallest absolute Gasteiger partial charge is 0.407 e. The van der Waals surface area contributed by atoms with Crippen molar-refractivity contribution in [3.05, 3.63) is 35.5 Å². The Bertz CT molecular complexity index is 805. The Balaban J connectivity index is 1.80. The highest BCUT2D eigenvalue weighted by Gasteiger charge is 2.15. The van der Waals surface area contributed by atoms with Crippen molar-refractivity contribution in [3.63, 3.8) is 0 Å². The molecule has 0 saturated carbocycles. The summed E-state index contributed by atoms with van der Waals surface area (Å²) in [6, 6.07) is 6.45. The maximum absolute atomic E-state index is 11.7. The summed E-state index contributed by atoms with van der Waals surface area (Å²) >= 11 is 0. The lowest BCUT2D eigenvalue weighted by atomic mass is 10.1. The molecule has 28 heavy (non-hydrogen) atoms. The van der Waals surface area contributed by atoms with Crippen molar-refractivity contribution >= 4 is 23.0 Å². The number of amides is 1. The van der Waals surface area contributed by atoms with Crippen molar-refractivity contribution in [2.75, 3.05) is 26.2 Å². The molecule has 0 bridgehead atoms. The lowest BCUT2D eigenvalue weighted by Gasteiger charge is -2.19. The van der Waals surface area contributed by atoms with Crippen LogP contribution < -0.4 is 16.0 Å². The number of ether oxygens (including phenoxy) is 1. The quantitative estimate of drug-likeness (QED) is 0.334. The van der Waals surface area contributed by atoms with Gasteiger partial charge in [0.05, 0.1) is 0 Å². The monoisotopic (exact) mass is 387 g/mol. The van der Waals surface area contributed by atoms with Gasteiger partial charge in [-0.1, -0.05) is 12.1 Å². The molecule has 1 aromatic carbocycles. The third-order valence-corrected chi connectivity index (χ3v) is 4.00. The summed E-state index contributed by atoms with van der Waals surface area (Å²) in [5, 5.41) is 10.4. The molecule has 7 heteroatoms. The number of aromatic amines is 1. The largest absolute Gasteiger partial charge is 0.444 e. The van der Waals surface area contributed by atoms with Gasteiger partial charge in [-0.05, 0) is 58.2 Å². The molecule has 2 rings (SSSR count). The average molecular weight is 388 g/mol. The van der Waals surface area contributed by atoms with Gasteiger partial charge in [-0.15, -0.1) is 0 Å². The van der Waals surface area contributed by atoms with Crippen LogP contribution in [-0.2, 0) is 11.2 Å². The molecular formula is C21H33N5O2. The van der Waals surface area contributed by atoms with E-state index >= 15 is 0 Å². The van der Waals surface area contributed by atoms with E-state index in [1.165, 1.54) is 16.5 Å². The Morgan fingerprint density at radius 2 is 1.93 bits per heavy atom. The fourth-order valence-corrected chi connectivity index (χ4v) is 2.80. The van der Waals surface area contributed by atoms with Crippen LogP contribution in [-0.4, -0.2) is 48.8 Å². The third kappa shape index (κ3) is 7.13. The molecule has 0 radical (unpaired) electrons. The summed E-state index contributed by atoms with van der Waals surface area (Å²) in [4.78, 5) is 19.6. The number of hydrogen-bond acceptors (Lipinski definition) is 3. The van der Waals surface area contributed by atoms with Crippen molar-refractivity contribution < 1.29 is 9.53 Å². The van der Waals surface area contributed by atoms with E-state index in [9.17, 15) is 4.79 Å². The predicted octanol–water partition coefficient (Wildman–Crippen LogP) is 3.10. The van der Waals surface area contributed by atoms with E-state index in [1.807, 2.05) is 27.7 Å². The van der Waals surface area contributed by atoms with Crippen molar-refractivity contribution in [3.8, 4) is 0 Å². The van der Waals surface area contributed by atoms with Crippen LogP contribution in [0.25, 0.3) is 10.9 Å². The molecule has 0 saturated heterocycles. The minimum atomic E-state index is -0.491. The van der Waals surface area contributed by atoms with E-state index in [4.69, 9.17) is 4.74 Å². The van der Waals surface area contributed by atoms with Crippen LogP contribution in [0.15, 0.2) is 29.4 Å². The van der Waals surface area contributed by atoms with Gasteiger partial charge in [0.15, 0.2) is 5.96 Å². The number of rotatable bonds is 7. The van der Waals surface area contributed by atoms with Gasteiger partial charge in [0.2, 0.25) is 0 Å². The Kier molecular flexibility index (Phi) is 7.72. The maximum Gasteiger partial charge on any atom is 0.407 e. The zero-order valence-electron chi connectivity index (χ0n) is 17.6. The normalized spacial score (nSPS) is 12.1. The van der Waals surface area contributed by atoms with Crippen molar-refractivity contribution in [2.24, 2.45) is 4.99 Å². The van der Waals surface area contributed by atoms with Crippen LogP contribution in [0.2, 0.25) is 0 Å². The molecule has 0 aliphatic rings.